The zero-order valence-electron chi connectivity index (χ0n) is 13.2. The molecular weight excluding hydrogens is 349 g/mol. The lowest BCUT2D eigenvalue weighted by Crippen LogP contribution is -2.32. The van der Waals surface area contributed by atoms with E-state index in [2.05, 4.69) is 5.10 Å². The van der Waals surface area contributed by atoms with Gasteiger partial charge in [-0.25, -0.2) is 4.68 Å². The second-order valence-electron chi connectivity index (χ2n) is 6.06. The molecule has 3 aromatic rings. The van der Waals surface area contributed by atoms with Crippen molar-refractivity contribution in [1.82, 2.24) is 14.2 Å². The molecule has 0 spiro atoms. The average Bonchev–Trinajstić information content (AvgIpc) is 2.90. The molecule has 8 heteroatoms. The Bertz CT molecular complexity index is 989. The number of nitrogens with zero attached hydrogens (tertiary/aromatic N) is 4. The maximum absolute atomic E-state index is 12.9. The van der Waals surface area contributed by atoms with Crippen LogP contribution < -0.4 is 4.90 Å². The zero-order valence-corrected chi connectivity index (χ0v) is 14.0. The fourth-order valence-corrected chi connectivity index (χ4v) is 3.47. The summed E-state index contributed by atoms with van der Waals surface area (Å²) in [5, 5.41) is 4.49. The van der Waals surface area contributed by atoms with E-state index in [4.69, 9.17) is 12.2 Å². The molecule has 1 aliphatic heterocycles. The van der Waals surface area contributed by atoms with Gasteiger partial charge < -0.3 is 4.90 Å². The summed E-state index contributed by atoms with van der Waals surface area (Å²) in [6, 6.07) is 9.58. The minimum atomic E-state index is -4.32. The minimum Gasteiger partial charge on any atom is -0.352 e. The number of pyridine rings is 1. The summed E-state index contributed by atoms with van der Waals surface area (Å²) < 4.78 is 42.9. The Morgan fingerprint density at radius 3 is 2.76 bits per heavy atom. The summed E-state index contributed by atoms with van der Waals surface area (Å²) in [6.45, 7) is 1.17. The molecule has 1 aliphatic rings. The number of rotatable bonds is 2. The molecule has 0 atom stereocenters. The predicted molar refractivity (Wildman–Crippen MR) is 91.1 cm³/mol. The molecule has 0 aliphatic carbocycles. The van der Waals surface area contributed by atoms with Gasteiger partial charge in [0.1, 0.15) is 6.67 Å². The highest BCUT2D eigenvalue weighted by atomic mass is 32.1. The van der Waals surface area contributed by atoms with Gasteiger partial charge in [0.15, 0.2) is 5.65 Å². The van der Waals surface area contributed by atoms with Crippen LogP contribution in [0.2, 0.25) is 0 Å². The molecule has 0 fully saturated rings. The topological polar surface area (TPSA) is 25.5 Å². The number of halogens is 3. The number of fused-ring (bicyclic) bond motifs is 2. The summed E-state index contributed by atoms with van der Waals surface area (Å²) >= 11 is 5.45. The van der Waals surface area contributed by atoms with E-state index in [1.54, 1.807) is 10.7 Å². The Morgan fingerprint density at radius 2 is 2.00 bits per heavy atom. The second-order valence-corrected chi connectivity index (χ2v) is 6.43. The highest BCUT2D eigenvalue weighted by Crippen LogP contribution is 2.35. The number of benzene rings is 1. The molecular formula is C17H15F3N4S. The van der Waals surface area contributed by atoms with Crippen molar-refractivity contribution in [2.45, 2.75) is 25.7 Å². The third-order valence-electron chi connectivity index (χ3n) is 4.41. The third-order valence-corrected chi connectivity index (χ3v) is 4.82. The van der Waals surface area contributed by atoms with Crippen molar-refractivity contribution in [3.05, 3.63) is 58.5 Å². The van der Waals surface area contributed by atoms with E-state index in [1.165, 1.54) is 6.07 Å². The van der Waals surface area contributed by atoms with Crippen LogP contribution >= 0.6 is 12.2 Å². The van der Waals surface area contributed by atoms with E-state index in [9.17, 15) is 13.2 Å². The molecule has 2 aromatic heterocycles. The van der Waals surface area contributed by atoms with Crippen LogP contribution in [0.15, 0.2) is 42.6 Å². The van der Waals surface area contributed by atoms with Gasteiger partial charge in [-0.05, 0) is 61.0 Å². The SMILES string of the molecule is FC(F)(F)c1ccc2c(c1)CCCN2Cn1nc2ccccn2c1=S. The number of alkyl halides is 3. The first-order valence-corrected chi connectivity index (χ1v) is 8.33. The second kappa shape index (κ2) is 5.87. The van der Waals surface area contributed by atoms with Gasteiger partial charge >= 0.3 is 6.18 Å². The number of anilines is 1. The quantitative estimate of drug-likeness (QED) is 0.634. The fourth-order valence-electron chi connectivity index (χ4n) is 3.22. The average molecular weight is 364 g/mol. The van der Waals surface area contributed by atoms with Crippen LogP contribution in [0.4, 0.5) is 18.9 Å². The van der Waals surface area contributed by atoms with Crippen LogP contribution in [0, 0.1) is 4.77 Å². The summed E-state index contributed by atoms with van der Waals surface area (Å²) in [6.07, 6.45) is -1.02. The van der Waals surface area contributed by atoms with E-state index < -0.39 is 11.7 Å². The molecule has 3 heterocycles. The Balaban J connectivity index is 1.69. The van der Waals surface area contributed by atoms with Crippen LogP contribution in [0.1, 0.15) is 17.5 Å². The standard InChI is InChI=1S/C17H15F3N4S/c18-17(19,20)13-6-7-14-12(10-13)4-3-8-22(14)11-24-16(25)23-9-2-1-5-15(23)21-24/h1-2,5-7,9-10H,3-4,8,11H2. The van der Waals surface area contributed by atoms with Gasteiger partial charge in [0, 0.05) is 18.4 Å². The monoisotopic (exact) mass is 364 g/mol. The third kappa shape index (κ3) is 2.90. The van der Waals surface area contributed by atoms with E-state index in [1.807, 2.05) is 33.7 Å². The normalized spacial score (nSPS) is 14.8. The lowest BCUT2D eigenvalue weighted by molar-refractivity contribution is -0.137. The van der Waals surface area contributed by atoms with Gasteiger partial charge in [0.05, 0.1) is 5.56 Å². The van der Waals surface area contributed by atoms with Crippen molar-refractivity contribution in [2.24, 2.45) is 0 Å². The Morgan fingerprint density at radius 1 is 1.16 bits per heavy atom. The lowest BCUT2D eigenvalue weighted by Gasteiger charge is -2.31. The predicted octanol–water partition coefficient (Wildman–Crippen LogP) is 4.29. The molecule has 4 nitrogen and oxygen atoms in total. The molecule has 4 rings (SSSR count). The van der Waals surface area contributed by atoms with E-state index in [0.29, 0.717) is 17.9 Å². The molecule has 0 amide bonds. The van der Waals surface area contributed by atoms with Crippen molar-refractivity contribution >= 4 is 23.6 Å². The van der Waals surface area contributed by atoms with Crippen molar-refractivity contribution in [1.29, 1.82) is 0 Å². The minimum absolute atomic E-state index is 0.416. The fraction of sp³-hybridized carbons (Fsp3) is 0.294. The van der Waals surface area contributed by atoms with Crippen LogP contribution in [0.5, 0.6) is 0 Å². The molecule has 0 N–H and O–H groups in total. The maximum Gasteiger partial charge on any atom is 0.416 e. The summed E-state index contributed by atoms with van der Waals surface area (Å²) in [4.78, 5) is 2.03. The highest BCUT2D eigenvalue weighted by molar-refractivity contribution is 7.71. The number of aromatic nitrogens is 3. The van der Waals surface area contributed by atoms with E-state index in [-0.39, 0.29) is 0 Å². The first-order chi connectivity index (χ1) is 11.9. The highest BCUT2D eigenvalue weighted by Gasteiger charge is 2.32. The van der Waals surface area contributed by atoms with Crippen molar-refractivity contribution in [3.63, 3.8) is 0 Å². The molecule has 25 heavy (non-hydrogen) atoms. The van der Waals surface area contributed by atoms with Gasteiger partial charge in [0.25, 0.3) is 0 Å². The van der Waals surface area contributed by atoms with Crippen LogP contribution in [0.3, 0.4) is 0 Å². The van der Waals surface area contributed by atoms with Crippen molar-refractivity contribution in [2.75, 3.05) is 11.4 Å². The first kappa shape index (κ1) is 16.1. The van der Waals surface area contributed by atoms with E-state index in [0.717, 1.165) is 35.9 Å². The lowest BCUT2D eigenvalue weighted by atomic mass is 9.99. The number of aryl methyl sites for hydroxylation is 1. The van der Waals surface area contributed by atoms with Crippen LogP contribution in [-0.4, -0.2) is 20.7 Å². The largest absolute Gasteiger partial charge is 0.416 e. The van der Waals surface area contributed by atoms with Gasteiger partial charge in [-0.15, -0.1) is 0 Å². The molecule has 1 aromatic carbocycles. The molecule has 0 unspecified atom stereocenters. The maximum atomic E-state index is 12.9. The Labute approximate surface area is 147 Å². The molecule has 130 valence electrons. The molecule has 0 saturated carbocycles. The summed E-state index contributed by atoms with van der Waals surface area (Å²) in [5.74, 6) is 0. The van der Waals surface area contributed by atoms with Crippen molar-refractivity contribution < 1.29 is 13.2 Å². The van der Waals surface area contributed by atoms with Gasteiger partial charge in [0.2, 0.25) is 4.77 Å². The Kier molecular flexibility index (Phi) is 3.79. The number of hydrogen-bond acceptors (Lipinski definition) is 3. The van der Waals surface area contributed by atoms with Crippen LogP contribution in [-0.2, 0) is 19.3 Å². The van der Waals surface area contributed by atoms with Gasteiger partial charge in [-0.2, -0.15) is 18.3 Å². The molecule has 0 radical (unpaired) electrons. The molecule has 0 saturated heterocycles. The van der Waals surface area contributed by atoms with Gasteiger partial charge in [-0.3, -0.25) is 4.40 Å². The zero-order chi connectivity index (χ0) is 17.6. The summed E-state index contributed by atoms with van der Waals surface area (Å²) in [7, 11) is 0. The molecule has 0 bridgehead atoms. The van der Waals surface area contributed by atoms with Crippen LogP contribution in [0.25, 0.3) is 5.65 Å². The van der Waals surface area contributed by atoms with Crippen molar-refractivity contribution in [3.8, 4) is 0 Å². The van der Waals surface area contributed by atoms with E-state index >= 15 is 0 Å². The summed E-state index contributed by atoms with van der Waals surface area (Å²) in [5.41, 5.74) is 1.68. The van der Waals surface area contributed by atoms with Gasteiger partial charge in [-0.1, -0.05) is 6.07 Å². The first-order valence-electron chi connectivity index (χ1n) is 7.93. The number of hydrogen-bond donors (Lipinski definition) is 0. The smallest absolute Gasteiger partial charge is 0.352 e. The Hall–Kier alpha value is -2.35.